The first-order valence-electron chi connectivity index (χ1n) is 9.13. The van der Waals surface area contributed by atoms with Crippen molar-refractivity contribution >= 4 is 21.7 Å². The molecule has 0 spiro atoms. The fraction of sp³-hybridized carbons (Fsp3) is 0.556. The number of carbonyl (C=O) groups excluding carboxylic acids is 2. The van der Waals surface area contributed by atoms with Crippen molar-refractivity contribution in [2.45, 2.75) is 12.5 Å². The van der Waals surface area contributed by atoms with Crippen LogP contribution >= 0.6 is 0 Å². The van der Waals surface area contributed by atoms with Crippen LogP contribution in [0.2, 0.25) is 0 Å². The first-order chi connectivity index (χ1) is 12.9. The van der Waals surface area contributed by atoms with Crippen molar-refractivity contribution in [3.63, 3.8) is 0 Å². The molecule has 8 nitrogen and oxygen atoms in total. The van der Waals surface area contributed by atoms with Gasteiger partial charge >= 0.3 is 0 Å². The lowest BCUT2D eigenvalue weighted by Gasteiger charge is -2.26. The molecule has 2 heterocycles. The monoisotopic (exact) mass is 395 g/mol. The number of hydrogen-bond acceptors (Lipinski definition) is 6. The van der Waals surface area contributed by atoms with Crippen LogP contribution < -0.4 is 10.6 Å². The maximum atomic E-state index is 12.2. The lowest BCUT2D eigenvalue weighted by atomic mass is 10.1. The Morgan fingerprint density at radius 3 is 2.30 bits per heavy atom. The molecule has 0 aromatic heterocycles. The highest BCUT2D eigenvalue weighted by molar-refractivity contribution is 7.91. The number of hydrogen-bond donors (Lipinski definition) is 2. The van der Waals surface area contributed by atoms with E-state index in [9.17, 15) is 18.0 Å². The van der Waals surface area contributed by atoms with E-state index in [1.54, 1.807) is 24.3 Å². The van der Waals surface area contributed by atoms with Gasteiger partial charge in [0, 0.05) is 43.3 Å². The van der Waals surface area contributed by atoms with E-state index < -0.39 is 9.84 Å². The largest absolute Gasteiger partial charge is 0.379 e. The van der Waals surface area contributed by atoms with Crippen molar-refractivity contribution in [2.24, 2.45) is 0 Å². The third-order valence-electron chi connectivity index (χ3n) is 4.79. The van der Waals surface area contributed by atoms with Crippen molar-refractivity contribution < 1.29 is 22.7 Å². The molecule has 2 N–H and O–H groups in total. The van der Waals surface area contributed by atoms with Crippen molar-refractivity contribution in [3.05, 3.63) is 35.4 Å². The molecule has 1 aromatic rings. The van der Waals surface area contributed by atoms with Gasteiger partial charge in [-0.2, -0.15) is 0 Å². The summed E-state index contributed by atoms with van der Waals surface area (Å²) in [7, 11) is -3.04. The van der Waals surface area contributed by atoms with E-state index in [1.165, 1.54) is 0 Å². The van der Waals surface area contributed by atoms with Gasteiger partial charge in [-0.3, -0.25) is 14.5 Å². The van der Waals surface area contributed by atoms with Gasteiger partial charge < -0.3 is 15.4 Å². The van der Waals surface area contributed by atoms with Gasteiger partial charge in [-0.15, -0.1) is 0 Å². The van der Waals surface area contributed by atoms with Gasteiger partial charge in [0.2, 0.25) is 0 Å². The maximum Gasteiger partial charge on any atom is 0.251 e. The van der Waals surface area contributed by atoms with Crippen LogP contribution in [0.25, 0.3) is 0 Å². The molecule has 1 aromatic carbocycles. The van der Waals surface area contributed by atoms with Crippen molar-refractivity contribution in [1.82, 2.24) is 15.5 Å². The van der Waals surface area contributed by atoms with Crippen LogP contribution in [-0.2, 0) is 14.6 Å². The average Bonchev–Trinajstić information content (AvgIpc) is 3.01. The summed E-state index contributed by atoms with van der Waals surface area (Å²) in [6.45, 7) is 4.54. The molecule has 2 aliphatic rings. The Kier molecular flexibility index (Phi) is 6.46. The Bertz CT molecular complexity index is 773. The molecule has 0 radical (unpaired) electrons. The smallest absolute Gasteiger partial charge is 0.251 e. The number of sulfone groups is 1. The van der Waals surface area contributed by atoms with E-state index in [-0.39, 0.29) is 29.4 Å². The molecule has 1 atom stereocenters. The molecule has 9 heteroatoms. The summed E-state index contributed by atoms with van der Waals surface area (Å²) >= 11 is 0. The topological polar surface area (TPSA) is 105 Å². The first kappa shape index (κ1) is 19.8. The molecule has 3 rings (SSSR count). The third kappa shape index (κ3) is 5.75. The Morgan fingerprint density at radius 2 is 1.70 bits per heavy atom. The summed E-state index contributed by atoms with van der Waals surface area (Å²) in [5.74, 6) is -0.405. The Hall–Kier alpha value is -1.97. The number of nitrogens with one attached hydrogen (secondary N) is 2. The quantitative estimate of drug-likeness (QED) is 0.683. The molecule has 148 valence electrons. The number of ether oxygens (including phenoxy) is 1. The SMILES string of the molecule is O=C(NCCN1CCOCC1)c1ccc(C(=O)NC2CCS(=O)(=O)C2)cc1. The summed E-state index contributed by atoms with van der Waals surface area (Å²) in [4.78, 5) is 26.7. The zero-order valence-corrected chi connectivity index (χ0v) is 16.0. The third-order valence-corrected chi connectivity index (χ3v) is 6.56. The maximum absolute atomic E-state index is 12.2. The van der Waals surface area contributed by atoms with Gasteiger partial charge in [0.1, 0.15) is 0 Å². The van der Waals surface area contributed by atoms with E-state index >= 15 is 0 Å². The number of morpholine rings is 1. The summed E-state index contributed by atoms with van der Waals surface area (Å²) in [5.41, 5.74) is 0.890. The van der Waals surface area contributed by atoms with Crippen LogP contribution in [0, 0.1) is 0 Å². The fourth-order valence-electron chi connectivity index (χ4n) is 3.20. The highest BCUT2D eigenvalue weighted by atomic mass is 32.2. The first-order valence-corrected chi connectivity index (χ1v) is 10.9. The Balaban J connectivity index is 1.46. The second-order valence-corrected chi connectivity index (χ2v) is 9.09. The standard InChI is InChI=1S/C18H25N3O5S/c22-17(19-6-7-21-8-10-26-11-9-21)14-1-3-15(4-2-14)18(23)20-16-5-12-27(24,25)13-16/h1-4,16H,5-13H2,(H,19,22)(H,20,23). The Morgan fingerprint density at radius 1 is 1.07 bits per heavy atom. The highest BCUT2D eigenvalue weighted by Crippen LogP contribution is 2.12. The van der Waals surface area contributed by atoms with E-state index in [4.69, 9.17) is 4.74 Å². The van der Waals surface area contributed by atoms with E-state index in [0.29, 0.717) is 24.1 Å². The lowest BCUT2D eigenvalue weighted by Crippen LogP contribution is -2.41. The molecule has 2 amide bonds. The number of benzene rings is 1. The molecule has 0 saturated carbocycles. The van der Waals surface area contributed by atoms with Gasteiger partial charge in [-0.05, 0) is 30.7 Å². The number of nitrogens with zero attached hydrogens (tertiary/aromatic N) is 1. The van der Waals surface area contributed by atoms with E-state index in [1.807, 2.05) is 0 Å². The summed E-state index contributed by atoms with van der Waals surface area (Å²) in [6, 6.07) is 6.02. The minimum atomic E-state index is -3.04. The lowest BCUT2D eigenvalue weighted by molar-refractivity contribution is 0.0383. The fourth-order valence-corrected chi connectivity index (χ4v) is 4.88. The molecule has 2 fully saturated rings. The van der Waals surface area contributed by atoms with Crippen LogP contribution in [-0.4, -0.2) is 82.1 Å². The number of amides is 2. The van der Waals surface area contributed by atoms with Crippen LogP contribution in [0.1, 0.15) is 27.1 Å². The molecule has 0 aliphatic carbocycles. The zero-order valence-electron chi connectivity index (χ0n) is 15.1. The molecular formula is C18H25N3O5S. The predicted octanol–water partition coefficient (Wildman–Crippen LogP) is -0.334. The second-order valence-electron chi connectivity index (χ2n) is 6.86. The van der Waals surface area contributed by atoms with Crippen LogP contribution in [0.4, 0.5) is 0 Å². The van der Waals surface area contributed by atoms with Crippen molar-refractivity contribution in [1.29, 1.82) is 0 Å². The average molecular weight is 395 g/mol. The second kappa shape index (κ2) is 8.81. The normalized spacial score (nSPS) is 22.3. The zero-order chi connectivity index (χ0) is 19.3. The van der Waals surface area contributed by atoms with E-state index in [0.717, 1.165) is 32.8 Å². The van der Waals surface area contributed by atoms with E-state index in [2.05, 4.69) is 15.5 Å². The van der Waals surface area contributed by atoms with Crippen LogP contribution in [0.15, 0.2) is 24.3 Å². The number of rotatable bonds is 6. The Labute approximate surface area is 159 Å². The van der Waals surface area contributed by atoms with Crippen molar-refractivity contribution in [2.75, 3.05) is 50.9 Å². The van der Waals surface area contributed by atoms with Gasteiger partial charge in [-0.1, -0.05) is 0 Å². The number of carbonyl (C=O) groups is 2. The summed E-state index contributed by atoms with van der Waals surface area (Å²) in [5, 5.41) is 5.61. The minimum Gasteiger partial charge on any atom is -0.379 e. The van der Waals surface area contributed by atoms with Gasteiger partial charge in [0.05, 0.1) is 24.7 Å². The van der Waals surface area contributed by atoms with Gasteiger partial charge in [-0.25, -0.2) is 8.42 Å². The van der Waals surface area contributed by atoms with Crippen molar-refractivity contribution in [3.8, 4) is 0 Å². The predicted molar refractivity (Wildman–Crippen MR) is 101 cm³/mol. The molecule has 27 heavy (non-hydrogen) atoms. The summed E-state index contributed by atoms with van der Waals surface area (Å²) in [6.07, 6.45) is 0.442. The molecule has 2 aliphatic heterocycles. The molecular weight excluding hydrogens is 370 g/mol. The minimum absolute atomic E-state index is 0.0115. The van der Waals surface area contributed by atoms with Crippen LogP contribution in [0.5, 0.6) is 0 Å². The summed E-state index contributed by atoms with van der Waals surface area (Å²) < 4.78 is 28.2. The van der Waals surface area contributed by atoms with Gasteiger partial charge in [0.25, 0.3) is 11.8 Å². The highest BCUT2D eigenvalue weighted by Gasteiger charge is 2.29. The molecule has 2 saturated heterocycles. The van der Waals surface area contributed by atoms with Gasteiger partial charge in [0.15, 0.2) is 9.84 Å². The van der Waals surface area contributed by atoms with Crippen LogP contribution in [0.3, 0.4) is 0 Å². The molecule has 0 bridgehead atoms. The molecule has 1 unspecified atom stereocenters.